The molecule has 0 heterocycles. The number of carboxylic acids is 1. The summed E-state index contributed by atoms with van der Waals surface area (Å²) in [7, 11) is 0. The van der Waals surface area contributed by atoms with Crippen LogP contribution in [0.2, 0.25) is 0 Å². The van der Waals surface area contributed by atoms with Crippen LogP contribution in [0.5, 0.6) is 0 Å². The van der Waals surface area contributed by atoms with Gasteiger partial charge in [-0.05, 0) is 13.3 Å². The summed E-state index contributed by atoms with van der Waals surface area (Å²) in [5, 5.41) is 19.3. The maximum atomic E-state index is 11.8. The second-order valence-corrected chi connectivity index (χ2v) is 3.30. The van der Waals surface area contributed by atoms with Gasteiger partial charge >= 0.3 is 12.1 Å². The van der Waals surface area contributed by atoms with Gasteiger partial charge in [0, 0.05) is 19.0 Å². The zero-order valence-electron chi connectivity index (χ0n) is 8.21. The molecule has 0 saturated carbocycles. The summed E-state index contributed by atoms with van der Waals surface area (Å²) in [4.78, 5) is 10.1. The van der Waals surface area contributed by atoms with Crippen molar-refractivity contribution in [3.63, 3.8) is 0 Å². The van der Waals surface area contributed by atoms with Gasteiger partial charge < -0.3 is 15.5 Å². The van der Waals surface area contributed by atoms with Crippen molar-refractivity contribution < 1.29 is 28.2 Å². The number of aliphatic hydroxyl groups is 1. The molecule has 0 aliphatic heterocycles. The van der Waals surface area contributed by atoms with Crippen LogP contribution in [0.15, 0.2) is 0 Å². The topological polar surface area (TPSA) is 69.6 Å². The number of aliphatic carboxylic acids is 1. The Kier molecular flexibility index (Phi) is 5.59. The van der Waals surface area contributed by atoms with Crippen LogP contribution in [0.4, 0.5) is 13.2 Å². The average molecular weight is 229 g/mol. The van der Waals surface area contributed by atoms with Gasteiger partial charge in [0.2, 0.25) is 0 Å². The van der Waals surface area contributed by atoms with E-state index in [-0.39, 0.29) is 18.9 Å². The van der Waals surface area contributed by atoms with Gasteiger partial charge in [-0.1, -0.05) is 0 Å². The Morgan fingerprint density at radius 3 is 2.40 bits per heavy atom. The van der Waals surface area contributed by atoms with Gasteiger partial charge in [-0.15, -0.1) is 0 Å². The van der Waals surface area contributed by atoms with Crippen molar-refractivity contribution >= 4 is 5.97 Å². The first kappa shape index (κ1) is 14.2. The summed E-state index contributed by atoms with van der Waals surface area (Å²) in [5.41, 5.74) is 0. The summed E-state index contributed by atoms with van der Waals surface area (Å²) < 4.78 is 35.5. The fourth-order valence-corrected chi connectivity index (χ4v) is 0.871. The molecule has 90 valence electrons. The molecule has 0 aromatic carbocycles. The van der Waals surface area contributed by atoms with E-state index in [1.165, 1.54) is 0 Å². The Morgan fingerprint density at radius 1 is 1.47 bits per heavy atom. The second kappa shape index (κ2) is 5.92. The Hall–Kier alpha value is -0.820. The van der Waals surface area contributed by atoms with Crippen molar-refractivity contribution in [1.29, 1.82) is 0 Å². The number of rotatable bonds is 6. The molecule has 0 aromatic rings. The average Bonchev–Trinajstić information content (AvgIpc) is 2.09. The molecular formula is C8H14F3NO3. The summed E-state index contributed by atoms with van der Waals surface area (Å²) in [5.74, 6) is -1.000. The standard InChI is InChI=1S/C8H14F3NO3/c1-5(2-3-7(14)15)12-4-6(13)8(9,10)11/h5-6,12-13H,2-4H2,1H3,(H,14,15). The van der Waals surface area contributed by atoms with Crippen LogP contribution < -0.4 is 5.32 Å². The summed E-state index contributed by atoms with van der Waals surface area (Å²) in [6.07, 6.45) is -6.94. The molecule has 0 aliphatic carbocycles. The molecule has 0 saturated heterocycles. The van der Waals surface area contributed by atoms with Crippen molar-refractivity contribution in [2.24, 2.45) is 0 Å². The van der Waals surface area contributed by atoms with Crippen molar-refractivity contribution in [2.45, 2.75) is 38.1 Å². The lowest BCUT2D eigenvalue weighted by molar-refractivity contribution is -0.202. The van der Waals surface area contributed by atoms with E-state index in [9.17, 15) is 18.0 Å². The number of nitrogens with one attached hydrogen (secondary N) is 1. The van der Waals surface area contributed by atoms with Gasteiger partial charge in [0.15, 0.2) is 6.10 Å². The van der Waals surface area contributed by atoms with Crippen LogP contribution in [0, 0.1) is 0 Å². The van der Waals surface area contributed by atoms with Crippen molar-refractivity contribution in [1.82, 2.24) is 5.32 Å². The third-order valence-electron chi connectivity index (χ3n) is 1.83. The smallest absolute Gasteiger partial charge is 0.415 e. The predicted molar refractivity (Wildman–Crippen MR) is 46.4 cm³/mol. The van der Waals surface area contributed by atoms with Gasteiger partial charge in [-0.25, -0.2) is 0 Å². The van der Waals surface area contributed by atoms with E-state index in [2.05, 4.69) is 5.32 Å². The van der Waals surface area contributed by atoms with E-state index in [1.807, 2.05) is 0 Å². The van der Waals surface area contributed by atoms with Gasteiger partial charge in [0.05, 0.1) is 0 Å². The zero-order valence-corrected chi connectivity index (χ0v) is 8.21. The largest absolute Gasteiger partial charge is 0.481 e. The quantitative estimate of drug-likeness (QED) is 0.628. The monoisotopic (exact) mass is 229 g/mol. The Bertz CT molecular complexity index is 208. The Labute approximate surface area is 85.1 Å². The number of carboxylic acid groups (broad SMARTS) is 1. The molecule has 2 atom stereocenters. The fraction of sp³-hybridized carbons (Fsp3) is 0.875. The van der Waals surface area contributed by atoms with Crippen molar-refractivity contribution in [3.05, 3.63) is 0 Å². The SMILES string of the molecule is CC(CCC(=O)O)NCC(O)C(F)(F)F. The summed E-state index contributed by atoms with van der Waals surface area (Å²) in [6, 6.07) is -0.377. The van der Waals surface area contributed by atoms with Crippen LogP contribution in [-0.4, -0.2) is 41.0 Å². The normalized spacial score (nSPS) is 16.1. The minimum atomic E-state index is -4.64. The second-order valence-electron chi connectivity index (χ2n) is 3.30. The number of hydrogen-bond acceptors (Lipinski definition) is 3. The van der Waals surface area contributed by atoms with E-state index in [4.69, 9.17) is 10.2 Å². The number of carbonyl (C=O) groups is 1. The van der Waals surface area contributed by atoms with Crippen LogP contribution in [-0.2, 0) is 4.79 Å². The molecule has 0 amide bonds. The highest BCUT2D eigenvalue weighted by molar-refractivity contribution is 5.66. The molecule has 3 N–H and O–H groups in total. The minimum absolute atomic E-state index is 0.115. The third-order valence-corrected chi connectivity index (χ3v) is 1.83. The molecule has 7 heteroatoms. The first-order valence-electron chi connectivity index (χ1n) is 4.43. The summed E-state index contributed by atoms with van der Waals surface area (Å²) in [6.45, 7) is 0.941. The Morgan fingerprint density at radius 2 is 2.00 bits per heavy atom. The molecule has 2 unspecified atom stereocenters. The van der Waals surface area contributed by atoms with Crippen LogP contribution in [0.3, 0.4) is 0 Å². The van der Waals surface area contributed by atoms with E-state index in [0.29, 0.717) is 0 Å². The predicted octanol–water partition coefficient (Wildman–Crippen LogP) is 0.752. The van der Waals surface area contributed by atoms with Gasteiger partial charge in [-0.3, -0.25) is 4.79 Å². The highest BCUT2D eigenvalue weighted by atomic mass is 19.4. The number of alkyl halides is 3. The number of aliphatic hydroxyl groups excluding tert-OH is 1. The van der Waals surface area contributed by atoms with Crippen LogP contribution in [0.25, 0.3) is 0 Å². The molecule has 15 heavy (non-hydrogen) atoms. The highest BCUT2D eigenvalue weighted by Gasteiger charge is 2.37. The minimum Gasteiger partial charge on any atom is -0.481 e. The lowest BCUT2D eigenvalue weighted by atomic mass is 10.2. The van der Waals surface area contributed by atoms with E-state index < -0.39 is 24.8 Å². The maximum Gasteiger partial charge on any atom is 0.415 e. The van der Waals surface area contributed by atoms with Crippen molar-refractivity contribution in [3.8, 4) is 0 Å². The molecule has 0 fully saturated rings. The van der Waals surface area contributed by atoms with Gasteiger partial charge in [-0.2, -0.15) is 13.2 Å². The molecule has 0 bridgehead atoms. The number of halogens is 3. The van der Waals surface area contributed by atoms with Gasteiger partial charge in [0.25, 0.3) is 0 Å². The van der Waals surface area contributed by atoms with Crippen LogP contribution >= 0.6 is 0 Å². The van der Waals surface area contributed by atoms with E-state index >= 15 is 0 Å². The third kappa shape index (κ3) is 7.15. The fourth-order valence-electron chi connectivity index (χ4n) is 0.871. The summed E-state index contributed by atoms with van der Waals surface area (Å²) >= 11 is 0. The maximum absolute atomic E-state index is 11.8. The molecule has 0 rings (SSSR count). The zero-order chi connectivity index (χ0) is 12.1. The first-order valence-corrected chi connectivity index (χ1v) is 4.43. The molecule has 0 aliphatic rings. The lowest BCUT2D eigenvalue weighted by Crippen LogP contribution is -2.41. The van der Waals surface area contributed by atoms with Gasteiger partial charge in [0.1, 0.15) is 0 Å². The Balaban J connectivity index is 3.71. The first-order chi connectivity index (χ1) is 6.73. The number of hydrogen-bond donors (Lipinski definition) is 3. The molecular weight excluding hydrogens is 215 g/mol. The van der Waals surface area contributed by atoms with E-state index in [1.54, 1.807) is 6.92 Å². The van der Waals surface area contributed by atoms with Crippen molar-refractivity contribution in [2.75, 3.05) is 6.54 Å². The molecule has 4 nitrogen and oxygen atoms in total. The highest BCUT2D eigenvalue weighted by Crippen LogP contribution is 2.19. The molecule has 0 spiro atoms. The lowest BCUT2D eigenvalue weighted by Gasteiger charge is -2.18. The molecule has 0 radical (unpaired) electrons. The van der Waals surface area contributed by atoms with Crippen LogP contribution in [0.1, 0.15) is 19.8 Å². The van der Waals surface area contributed by atoms with E-state index in [0.717, 1.165) is 0 Å². The molecule has 0 aromatic heterocycles.